The van der Waals surface area contributed by atoms with E-state index < -0.39 is 11.6 Å². The molecule has 0 bridgehead atoms. The highest BCUT2D eigenvalue weighted by Crippen LogP contribution is 2.32. The molecule has 0 aliphatic carbocycles. The van der Waals surface area contributed by atoms with Gasteiger partial charge >= 0.3 is 0 Å². The zero-order valence-corrected chi connectivity index (χ0v) is 13.8. The van der Waals surface area contributed by atoms with Gasteiger partial charge in [0.05, 0.1) is 42.1 Å². The number of nitrogens with zero attached hydrogens (tertiary/aromatic N) is 3. The molecule has 132 valence electrons. The van der Waals surface area contributed by atoms with E-state index in [0.29, 0.717) is 27.7 Å². The molecular formula is C19H16F2N4O. The minimum absolute atomic E-state index is 0.0757. The third-order valence-corrected chi connectivity index (χ3v) is 4.02. The van der Waals surface area contributed by atoms with Gasteiger partial charge in [0.2, 0.25) is 0 Å². The number of aliphatic hydroxyl groups excluding tert-OH is 1. The van der Waals surface area contributed by atoms with E-state index in [1.807, 2.05) is 6.07 Å². The van der Waals surface area contributed by atoms with Crippen molar-refractivity contribution >= 4 is 11.0 Å². The van der Waals surface area contributed by atoms with Crippen LogP contribution in [0.3, 0.4) is 0 Å². The lowest BCUT2D eigenvalue weighted by Crippen LogP contribution is -2.00. The molecule has 0 saturated heterocycles. The van der Waals surface area contributed by atoms with Crippen molar-refractivity contribution in [3.8, 4) is 17.2 Å². The summed E-state index contributed by atoms with van der Waals surface area (Å²) >= 11 is 0. The fourth-order valence-corrected chi connectivity index (χ4v) is 2.79. The summed E-state index contributed by atoms with van der Waals surface area (Å²) in [6.45, 7) is -0.245. The molecule has 0 spiro atoms. The van der Waals surface area contributed by atoms with Crippen LogP contribution in [0, 0.1) is 17.1 Å². The van der Waals surface area contributed by atoms with Gasteiger partial charge in [0.25, 0.3) is 0 Å². The maximum absolute atomic E-state index is 14.4. The van der Waals surface area contributed by atoms with Crippen LogP contribution in [-0.4, -0.2) is 21.2 Å². The van der Waals surface area contributed by atoms with Gasteiger partial charge in [-0.15, -0.1) is 0 Å². The van der Waals surface area contributed by atoms with Crippen molar-refractivity contribution in [2.75, 3.05) is 6.54 Å². The average Bonchev–Trinajstić information content (AvgIpc) is 3.04. The Hall–Kier alpha value is -3.08. The van der Waals surface area contributed by atoms with Crippen LogP contribution in [0.25, 0.3) is 22.2 Å². The first-order chi connectivity index (χ1) is 12.6. The summed E-state index contributed by atoms with van der Waals surface area (Å²) < 4.78 is 29.8. The Morgan fingerprint density at radius 3 is 2.81 bits per heavy atom. The second-order valence-corrected chi connectivity index (χ2v) is 5.73. The molecule has 7 heteroatoms. The minimum Gasteiger partial charge on any atom is -0.392 e. The van der Waals surface area contributed by atoms with Crippen molar-refractivity contribution in [3.63, 3.8) is 0 Å². The number of aliphatic hydroxyl groups is 1. The van der Waals surface area contributed by atoms with Gasteiger partial charge in [-0.2, -0.15) is 5.26 Å². The fourth-order valence-electron chi connectivity index (χ4n) is 2.79. The molecule has 1 heterocycles. The standard InChI is InChI=1S/C19H16F2N4O/c20-14(3-4-22)9-25-11-24-19-16(6-13(8-23)7-18(19)25)15-5-12(10-26)1-2-17(15)21/h1-3,5-7,11,26H,4,9-10,22H2. The van der Waals surface area contributed by atoms with E-state index in [1.54, 1.807) is 6.07 Å². The number of imidazole rings is 1. The molecule has 1 aromatic heterocycles. The first-order valence-electron chi connectivity index (χ1n) is 7.90. The Kier molecular flexibility index (Phi) is 5.07. The Morgan fingerprint density at radius 1 is 1.31 bits per heavy atom. The number of hydrogen-bond donors (Lipinski definition) is 2. The molecule has 0 saturated carbocycles. The molecule has 0 aliphatic heterocycles. The van der Waals surface area contributed by atoms with Gasteiger partial charge in [0, 0.05) is 17.7 Å². The first kappa shape index (κ1) is 17.7. The summed E-state index contributed by atoms with van der Waals surface area (Å²) in [5.74, 6) is -0.925. The normalized spacial score (nSPS) is 11.7. The van der Waals surface area contributed by atoms with Crippen molar-refractivity contribution in [2.24, 2.45) is 5.73 Å². The fraction of sp³-hybridized carbons (Fsp3) is 0.158. The van der Waals surface area contributed by atoms with Crippen LogP contribution in [0.5, 0.6) is 0 Å². The van der Waals surface area contributed by atoms with Crippen molar-refractivity contribution in [2.45, 2.75) is 13.2 Å². The number of aromatic nitrogens is 2. The van der Waals surface area contributed by atoms with E-state index in [0.717, 1.165) is 0 Å². The number of hydrogen-bond acceptors (Lipinski definition) is 4. The molecule has 26 heavy (non-hydrogen) atoms. The summed E-state index contributed by atoms with van der Waals surface area (Å²) in [7, 11) is 0. The second-order valence-electron chi connectivity index (χ2n) is 5.73. The summed E-state index contributed by atoms with van der Waals surface area (Å²) in [6, 6.07) is 9.39. The molecule has 0 fully saturated rings. The van der Waals surface area contributed by atoms with Crippen molar-refractivity contribution in [3.05, 3.63) is 65.5 Å². The van der Waals surface area contributed by atoms with E-state index in [4.69, 9.17) is 5.73 Å². The summed E-state index contributed by atoms with van der Waals surface area (Å²) in [6.07, 6.45) is 2.69. The molecule has 0 radical (unpaired) electrons. The molecule has 0 atom stereocenters. The highest BCUT2D eigenvalue weighted by molar-refractivity contribution is 5.93. The van der Waals surface area contributed by atoms with E-state index in [-0.39, 0.29) is 25.3 Å². The zero-order chi connectivity index (χ0) is 18.7. The molecule has 2 aromatic carbocycles. The summed E-state index contributed by atoms with van der Waals surface area (Å²) in [5.41, 5.74) is 7.73. The number of nitrogens with two attached hydrogens (primary N) is 1. The Bertz CT molecular complexity index is 1030. The predicted molar refractivity (Wildman–Crippen MR) is 94.0 cm³/mol. The van der Waals surface area contributed by atoms with E-state index in [9.17, 15) is 19.1 Å². The molecule has 3 N–H and O–H groups in total. The third kappa shape index (κ3) is 3.33. The summed E-state index contributed by atoms with van der Waals surface area (Å²) in [5, 5.41) is 18.6. The molecular weight excluding hydrogens is 338 g/mol. The number of nitriles is 1. The maximum Gasteiger partial charge on any atom is 0.131 e. The highest BCUT2D eigenvalue weighted by Gasteiger charge is 2.16. The van der Waals surface area contributed by atoms with Gasteiger partial charge in [-0.05, 0) is 35.9 Å². The van der Waals surface area contributed by atoms with Crippen LogP contribution in [0.1, 0.15) is 11.1 Å². The topological polar surface area (TPSA) is 87.9 Å². The van der Waals surface area contributed by atoms with Crippen LogP contribution in [0.15, 0.2) is 48.6 Å². The molecule has 0 amide bonds. The third-order valence-electron chi connectivity index (χ3n) is 4.02. The number of halogens is 2. The van der Waals surface area contributed by atoms with Crippen LogP contribution in [0.4, 0.5) is 8.78 Å². The lowest BCUT2D eigenvalue weighted by Gasteiger charge is -2.09. The number of fused-ring (bicyclic) bond motifs is 1. The molecule has 5 nitrogen and oxygen atoms in total. The highest BCUT2D eigenvalue weighted by atomic mass is 19.1. The van der Waals surface area contributed by atoms with Crippen LogP contribution in [-0.2, 0) is 13.2 Å². The van der Waals surface area contributed by atoms with Crippen molar-refractivity contribution in [1.82, 2.24) is 9.55 Å². The first-order valence-corrected chi connectivity index (χ1v) is 7.90. The van der Waals surface area contributed by atoms with Crippen molar-refractivity contribution < 1.29 is 13.9 Å². The Labute approximate surface area is 148 Å². The lowest BCUT2D eigenvalue weighted by atomic mass is 9.99. The predicted octanol–water partition coefficient (Wildman–Crippen LogP) is 3.02. The average molecular weight is 354 g/mol. The van der Waals surface area contributed by atoms with E-state index in [1.165, 1.54) is 41.2 Å². The SMILES string of the molecule is N#Cc1cc(-c2cc(CO)ccc2F)c2ncn(CC(F)=CCN)c2c1. The summed E-state index contributed by atoms with van der Waals surface area (Å²) in [4.78, 5) is 4.28. The minimum atomic E-state index is -0.498. The number of allylic oxidation sites excluding steroid dienone is 1. The van der Waals surface area contributed by atoms with Gasteiger partial charge < -0.3 is 15.4 Å². The van der Waals surface area contributed by atoms with Crippen molar-refractivity contribution in [1.29, 1.82) is 5.26 Å². The smallest absolute Gasteiger partial charge is 0.131 e. The molecule has 0 unspecified atom stereocenters. The van der Waals surface area contributed by atoms with Crippen LogP contribution < -0.4 is 5.73 Å². The quantitative estimate of drug-likeness (QED) is 0.737. The zero-order valence-electron chi connectivity index (χ0n) is 13.8. The monoisotopic (exact) mass is 354 g/mol. The molecule has 0 aliphatic rings. The van der Waals surface area contributed by atoms with E-state index in [2.05, 4.69) is 4.98 Å². The largest absolute Gasteiger partial charge is 0.392 e. The Balaban J connectivity index is 2.22. The van der Waals surface area contributed by atoms with E-state index >= 15 is 0 Å². The van der Waals surface area contributed by atoms with Gasteiger partial charge in [0.1, 0.15) is 11.6 Å². The Morgan fingerprint density at radius 2 is 2.12 bits per heavy atom. The molecule has 3 rings (SSSR count). The van der Waals surface area contributed by atoms with Gasteiger partial charge in [-0.25, -0.2) is 13.8 Å². The lowest BCUT2D eigenvalue weighted by molar-refractivity contribution is 0.282. The van der Waals surface area contributed by atoms with Gasteiger partial charge in [-0.3, -0.25) is 0 Å². The maximum atomic E-state index is 14.4. The van der Waals surface area contributed by atoms with Crippen LogP contribution >= 0.6 is 0 Å². The number of rotatable bonds is 5. The second kappa shape index (κ2) is 7.44. The van der Waals surface area contributed by atoms with Crippen LogP contribution in [0.2, 0.25) is 0 Å². The molecule has 3 aromatic rings. The van der Waals surface area contributed by atoms with Gasteiger partial charge in [-0.1, -0.05) is 6.07 Å². The number of benzene rings is 2. The van der Waals surface area contributed by atoms with Gasteiger partial charge in [0.15, 0.2) is 0 Å².